The van der Waals surface area contributed by atoms with E-state index in [1.807, 2.05) is 0 Å². The molecule has 0 unspecified atom stereocenters. The molecule has 0 spiro atoms. The molecule has 0 aromatic heterocycles. The molecule has 154 valence electrons. The van der Waals surface area contributed by atoms with Gasteiger partial charge in [0.15, 0.2) is 0 Å². The highest BCUT2D eigenvalue weighted by Gasteiger charge is 2.61. The molecule has 1 aromatic carbocycles. The van der Waals surface area contributed by atoms with Crippen molar-refractivity contribution in [3.8, 4) is 0 Å². The molecule has 2 saturated carbocycles. The number of amides is 2. The van der Waals surface area contributed by atoms with Gasteiger partial charge in [0.2, 0.25) is 0 Å². The highest BCUT2D eigenvalue weighted by molar-refractivity contribution is 5.75. The van der Waals surface area contributed by atoms with Crippen LogP contribution in [0, 0.1) is 16.7 Å². The number of nitrogens with one attached hydrogen (secondary N) is 2. The number of morpholine rings is 1. The number of ether oxygens (including phenoxy) is 1. The van der Waals surface area contributed by atoms with Crippen molar-refractivity contribution in [1.82, 2.24) is 10.6 Å². The van der Waals surface area contributed by atoms with E-state index in [1.165, 1.54) is 18.5 Å². The van der Waals surface area contributed by atoms with Crippen LogP contribution in [0.1, 0.15) is 58.6 Å². The van der Waals surface area contributed by atoms with E-state index in [2.05, 4.69) is 67.5 Å². The summed E-state index contributed by atoms with van der Waals surface area (Å²) in [5, 5.41) is 6.44. The SMILES string of the molecule is C[C@@H](NC(=O)N[C@@H]1C[C@H]2CC[C@@]1(C)C2(C)C)c1ccc(N2CCOCC2)cc1. The molecule has 5 heteroatoms. The third-order valence-corrected chi connectivity index (χ3v) is 8.22. The first-order chi connectivity index (χ1) is 13.3. The number of anilines is 1. The second-order valence-corrected chi connectivity index (χ2v) is 9.69. The number of urea groups is 1. The summed E-state index contributed by atoms with van der Waals surface area (Å²) in [5.74, 6) is 0.730. The lowest BCUT2D eigenvalue weighted by Crippen LogP contribution is -2.50. The van der Waals surface area contributed by atoms with Crippen molar-refractivity contribution >= 4 is 11.7 Å². The largest absolute Gasteiger partial charge is 0.378 e. The minimum absolute atomic E-state index is 0.0156. The lowest BCUT2D eigenvalue weighted by molar-refractivity contribution is 0.122. The molecule has 1 aromatic rings. The summed E-state index contributed by atoms with van der Waals surface area (Å²) in [6.07, 6.45) is 3.63. The molecule has 2 amide bonds. The van der Waals surface area contributed by atoms with Gasteiger partial charge >= 0.3 is 6.03 Å². The van der Waals surface area contributed by atoms with E-state index in [1.54, 1.807) is 0 Å². The molecule has 4 atom stereocenters. The number of fused-ring (bicyclic) bond motifs is 2. The molecule has 0 radical (unpaired) electrons. The van der Waals surface area contributed by atoms with E-state index in [0.29, 0.717) is 5.41 Å². The van der Waals surface area contributed by atoms with Gasteiger partial charge in [-0.25, -0.2) is 4.79 Å². The van der Waals surface area contributed by atoms with Crippen LogP contribution in [0.4, 0.5) is 10.5 Å². The normalized spacial score (nSPS) is 32.2. The van der Waals surface area contributed by atoms with Crippen molar-refractivity contribution < 1.29 is 9.53 Å². The standard InChI is InChI=1S/C23H35N3O2/c1-16(17-5-7-19(8-6-17)26-11-13-28-14-12-26)24-21(27)25-20-15-18-9-10-23(20,4)22(18,2)3/h5-8,16,18,20H,9-15H2,1-4H3,(H2,24,25,27)/t16-,18-,20-,23-/m1/s1. The molecule has 1 aliphatic heterocycles. The van der Waals surface area contributed by atoms with Crippen LogP contribution in [0.3, 0.4) is 0 Å². The summed E-state index contributed by atoms with van der Waals surface area (Å²) in [6.45, 7) is 12.6. The summed E-state index contributed by atoms with van der Waals surface area (Å²) in [7, 11) is 0. The quantitative estimate of drug-likeness (QED) is 0.820. The molecule has 2 bridgehead atoms. The Labute approximate surface area is 169 Å². The number of benzene rings is 1. The van der Waals surface area contributed by atoms with Crippen LogP contribution < -0.4 is 15.5 Å². The number of carbonyl (C=O) groups is 1. The van der Waals surface area contributed by atoms with E-state index >= 15 is 0 Å². The Bertz CT molecular complexity index is 711. The van der Waals surface area contributed by atoms with E-state index in [9.17, 15) is 4.79 Å². The van der Waals surface area contributed by atoms with Gasteiger partial charge in [-0.15, -0.1) is 0 Å². The first-order valence-electron chi connectivity index (χ1n) is 10.8. The second-order valence-electron chi connectivity index (χ2n) is 9.69. The summed E-state index contributed by atoms with van der Waals surface area (Å²) >= 11 is 0. The zero-order chi connectivity index (χ0) is 19.9. The average Bonchev–Trinajstić information content (AvgIpc) is 3.02. The molecular weight excluding hydrogens is 350 g/mol. The molecule has 3 aliphatic rings. The van der Waals surface area contributed by atoms with Crippen LogP contribution in [0.2, 0.25) is 0 Å². The van der Waals surface area contributed by atoms with Gasteiger partial charge in [0.05, 0.1) is 19.3 Å². The molecule has 1 saturated heterocycles. The van der Waals surface area contributed by atoms with Crippen LogP contribution in [-0.4, -0.2) is 38.4 Å². The Morgan fingerprint density at radius 2 is 1.86 bits per heavy atom. The van der Waals surface area contributed by atoms with Crippen molar-refractivity contribution in [2.24, 2.45) is 16.7 Å². The van der Waals surface area contributed by atoms with E-state index in [-0.39, 0.29) is 23.5 Å². The molecule has 1 heterocycles. The Kier molecular flexibility index (Phi) is 5.07. The number of carbonyl (C=O) groups excluding carboxylic acids is 1. The molecule has 3 fully saturated rings. The van der Waals surface area contributed by atoms with E-state index in [0.717, 1.165) is 44.2 Å². The maximum absolute atomic E-state index is 12.7. The van der Waals surface area contributed by atoms with Crippen molar-refractivity contribution in [2.75, 3.05) is 31.2 Å². The zero-order valence-corrected chi connectivity index (χ0v) is 17.8. The molecule has 2 aliphatic carbocycles. The first-order valence-corrected chi connectivity index (χ1v) is 10.8. The summed E-state index contributed by atoms with van der Waals surface area (Å²) < 4.78 is 5.42. The Morgan fingerprint density at radius 3 is 2.43 bits per heavy atom. The van der Waals surface area contributed by atoms with Gasteiger partial charge in [0, 0.05) is 24.8 Å². The predicted octanol–water partition coefficient (Wildman–Crippen LogP) is 4.10. The fourth-order valence-corrected chi connectivity index (χ4v) is 5.70. The van der Waals surface area contributed by atoms with Crippen molar-refractivity contribution in [1.29, 1.82) is 0 Å². The average molecular weight is 386 g/mol. The Morgan fingerprint density at radius 1 is 1.18 bits per heavy atom. The second kappa shape index (κ2) is 7.25. The zero-order valence-electron chi connectivity index (χ0n) is 17.8. The minimum Gasteiger partial charge on any atom is -0.378 e. The van der Waals surface area contributed by atoms with Gasteiger partial charge in [-0.2, -0.15) is 0 Å². The molecule has 4 rings (SSSR count). The fraction of sp³-hybridized carbons (Fsp3) is 0.696. The smallest absolute Gasteiger partial charge is 0.315 e. The maximum atomic E-state index is 12.7. The monoisotopic (exact) mass is 385 g/mol. The summed E-state index contributed by atoms with van der Waals surface area (Å²) in [6, 6.07) is 8.76. The predicted molar refractivity (Wildman–Crippen MR) is 113 cm³/mol. The van der Waals surface area contributed by atoms with Gasteiger partial charge < -0.3 is 20.3 Å². The Hall–Kier alpha value is -1.75. The highest BCUT2D eigenvalue weighted by atomic mass is 16.5. The molecule has 5 nitrogen and oxygen atoms in total. The fourth-order valence-electron chi connectivity index (χ4n) is 5.70. The van der Waals surface area contributed by atoms with Gasteiger partial charge in [-0.3, -0.25) is 0 Å². The third-order valence-electron chi connectivity index (χ3n) is 8.22. The lowest BCUT2D eigenvalue weighted by Gasteiger charge is -2.39. The van der Waals surface area contributed by atoms with Gasteiger partial charge in [-0.1, -0.05) is 32.9 Å². The number of hydrogen-bond acceptors (Lipinski definition) is 3. The van der Waals surface area contributed by atoms with Crippen LogP contribution in [0.25, 0.3) is 0 Å². The van der Waals surface area contributed by atoms with Gasteiger partial charge in [0.1, 0.15) is 0 Å². The van der Waals surface area contributed by atoms with Crippen molar-refractivity contribution in [2.45, 2.75) is 59.0 Å². The minimum atomic E-state index is -0.0423. The molecule has 2 N–H and O–H groups in total. The van der Waals surface area contributed by atoms with Crippen molar-refractivity contribution in [3.63, 3.8) is 0 Å². The third kappa shape index (κ3) is 3.28. The summed E-state index contributed by atoms with van der Waals surface area (Å²) in [5.41, 5.74) is 2.87. The first kappa shape index (κ1) is 19.6. The number of hydrogen-bond donors (Lipinski definition) is 2. The van der Waals surface area contributed by atoms with E-state index in [4.69, 9.17) is 4.74 Å². The highest BCUT2D eigenvalue weighted by Crippen LogP contribution is 2.65. The number of nitrogens with zero attached hydrogens (tertiary/aromatic N) is 1. The maximum Gasteiger partial charge on any atom is 0.315 e. The summed E-state index contributed by atoms with van der Waals surface area (Å²) in [4.78, 5) is 15.0. The van der Waals surface area contributed by atoms with Gasteiger partial charge in [0.25, 0.3) is 0 Å². The molecular formula is C23H35N3O2. The van der Waals surface area contributed by atoms with Crippen LogP contribution in [0.15, 0.2) is 24.3 Å². The van der Waals surface area contributed by atoms with Crippen LogP contribution in [-0.2, 0) is 4.74 Å². The van der Waals surface area contributed by atoms with Crippen LogP contribution in [0.5, 0.6) is 0 Å². The van der Waals surface area contributed by atoms with Gasteiger partial charge in [-0.05, 0) is 60.6 Å². The topological polar surface area (TPSA) is 53.6 Å². The number of rotatable bonds is 4. The van der Waals surface area contributed by atoms with Crippen molar-refractivity contribution in [3.05, 3.63) is 29.8 Å². The Balaban J connectivity index is 1.33. The van der Waals surface area contributed by atoms with Crippen LogP contribution >= 0.6 is 0 Å². The van der Waals surface area contributed by atoms with E-state index < -0.39 is 0 Å². The lowest BCUT2D eigenvalue weighted by atomic mass is 9.69. The molecule has 28 heavy (non-hydrogen) atoms.